The second-order valence-corrected chi connectivity index (χ2v) is 6.40. The quantitative estimate of drug-likeness (QED) is 0.827. The van der Waals surface area contributed by atoms with E-state index in [2.05, 4.69) is 9.72 Å². The predicted molar refractivity (Wildman–Crippen MR) is 97.2 cm³/mol. The number of halogens is 1. The van der Waals surface area contributed by atoms with Gasteiger partial charge in [-0.3, -0.25) is 0 Å². The first-order chi connectivity index (χ1) is 12.5. The van der Waals surface area contributed by atoms with Crippen LogP contribution in [-0.2, 0) is 4.74 Å². The molecule has 0 unspecified atom stereocenters. The molecule has 1 aromatic heterocycles. The largest absolute Gasteiger partial charge is 0.490 e. The van der Waals surface area contributed by atoms with Crippen molar-refractivity contribution in [2.45, 2.75) is 18.5 Å². The first kappa shape index (κ1) is 18.0. The molecule has 0 aliphatic carbocycles. The minimum Gasteiger partial charge on any atom is -0.490 e. The summed E-state index contributed by atoms with van der Waals surface area (Å²) in [5.74, 6) is 0.801. The molecule has 1 fully saturated rings. The van der Waals surface area contributed by atoms with E-state index in [-0.39, 0.29) is 6.61 Å². The Hall–Kier alpha value is -2.83. The van der Waals surface area contributed by atoms with Gasteiger partial charge in [-0.15, -0.1) is 0 Å². The van der Waals surface area contributed by atoms with Gasteiger partial charge in [-0.25, -0.2) is 14.2 Å². The molecule has 0 radical (unpaired) electrons. The molecule has 2 aromatic rings. The number of hydrogen-bond acceptors (Lipinski definition) is 6. The first-order valence-corrected chi connectivity index (χ1v) is 8.46. The maximum Gasteiger partial charge on any atom is 0.337 e. The smallest absolute Gasteiger partial charge is 0.337 e. The zero-order chi connectivity index (χ0) is 18.6. The van der Waals surface area contributed by atoms with Crippen LogP contribution in [0.2, 0.25) is 0 Å². The van der Waals surface area contributed by atoms with Crippen molar-refractivity contribution in [3.8, 4) is 5.75 Å². The molecule has 2 heterocycles. The number of esters is 1. The number of nitrogens with zero attached hydrogens (tertiary/aromatic N) is 2. The summed E-state index contributed by atoms with van der Waals surface area (Å²) < 4.78 is 25.3. The summed E-state index contributed by atoms with van der Waals surface area (Å²) in [7, 11) is 1.32. The van der Waals surface area contributed by atoms with Gasteiger partial charge in [-0.2, -0.15) is 0 Å². The highest BCUT2D eigenvalue weighted by atomic mass is 19.1. The lowest BCUT2D eigenvalue weighted by Gasteiger charge is -2.36. The van der Waals surface area contributed by atoms with Gasteiger partial charge in [0.15, 0.2) is 0 Å². The van der Waals surface area contributed by atoms with Crippen LogP contribution in [-0.4, -0.2) is 43.4 Å². The van der Waals surface area contributed by atoms with Crippen molar-refractivity contribution >= 4 is 17.5 Å². The number of anilines is 2. The van der Waals surface area contributed by atoms with E-state index in [0.717, 1.165) is 5.82 Å². The number of carbonyl (C=O) groups excluding carboxylic acids is 1. The minimum absolute atomic E-state index is 0.0549. The average Bonchev–Trinajstić information content (AvgIpc) is 2.67. The molecule has 6 nitrogen and oxygen atoms in total. The first-order valence-electron chi connectivity index (χ1n) is 8.46. The van der Waals surface area contributed by atoms with E-state index in [0.29, 0.717) is 42.9 Å². The van der Waals surface area contributed by atoms with Crippen molar-refractivity contribution in [3.63, 3.8) is 0 Å². The third-order valence-corrected chi connectivity index (χ3v) is 4.51. The van der Waals surface area contributed by atoms with Crippen molar-refractivity contribution in [1.82, 2.24) is 4.98 Å². The summed E-state index contributed by atoms with van der Waals surface area (Å²) in [6, 6.07) is 10.2. The number of benzene rings is 1. The molecule has 26 heavy (non-hydrogen) atoms. The molecular formula is C19H22FN3O3. The normalized spacial score (nSPS) is 16.2. The van der Waals surface area contributed by atoms with Crippen LogP contribution < -0.4 is 15.4 Å². The second kappa shape index (κ2) is 7.59. The Morgan fingerprint density at radius 1 is 1.31 bits per heavy atom. The molecule has 1 aliphatic heterocycles. The number of ether oxygens (including phenoxy) is 2. The van der Waals surface area contributed by atoms with Gasteiger partial charge in [0.2, 0.25) is 0 Å². The number of carbonyl (C=O) groups is 1. The zero-order valence-corrected chi connectivity index (χ0v) is 14.7. The Labute approximate surface area is 151 Å². The van der Waals surface area contributed by atoms with Crippen LogP contribution in [0, 0.1) is 0 Å². The van der Waals surface area contributed by atoms with Gasteiger partial charge in [0.05, 0.1) is 24.6 Å². The van der Waals surface area contributed by atoms with Crippen molar-refractivity contribution in [2.75, 3.05) is 37.4 Å². The molecule has 3 rings (SSSR count). The number of methoxy groups -OCH3 is 1. The van der Waals surface area contributed by atoms with E-state index < -0.39 is 11.6 Å². The third kappa shape index (κ3) is 4.22. The monoisotopic (exact) mass is 359 g/mol. The van der Waals surface area contributed by atoms with E-state index in [1.54, 1.807) is 36.5 Å². The fraction of sp³-hybridized carbons (Fsp3) is 0.368. The van der Waals surface area contributed by atoms with Crippen molar-refractivity contribution in [1.29, 1.82) is 0 Å². The number of aromatic nitrogens is 1. The summed E-state index contributed by atoms with van der Waals surface area (Å²) in [6.45, 7) is 1.05. The highest BCUT2D eigenvalue weighted by molar-refractivity contribution is 5.89. The Morgan fingerprint density at radius 3 is 2.73 bits per heavy atom. The number of nitrogen functional groups attached to an aromatic ring is 1. The molecule has 2 N–H and O–H groups in total. The van der Waals surface area contributed by atoms with E-state index >= 15 is 4.39 Å². The molecule has 1 saturated heterocycles. The molecule has 0 bridgehead atoms. The summed E-state index contributed by atoms with van der Waals surface area (Å²) in [6.07, 6.45) is 2.29. The number of piperidine rings is 1. The lowest BCUT2D eigenvalue weighted by atomic mass is 9.94. The van der Waals surface area contributed by atoms with Gasteiger partial charge < -0.3 is 20.1 Å². The summed E-state index contributed by atoms with van der Waals surface area (Å²) >= 11 is 0. The summed E-state index contributed by atoms with van der Waals surface area (Å²) in [5.41, 5.74) is 5.22. The number of pyridine rings is 1. The van der Waals surface area contributed by atoms with E-state index in [9.17, 15) is 4.79 Å². The molecule has 0 spiro atoms. The highest BCUT2D eigenvalue weighted by Gasteiger charge is 2.36. The van der Waals surface area contributed by atoms with Gasteiger partial charge in [0.25, 0.3) is 0 Å². The topological polar surface area (TPSA) is 77.7 Å². The number of rotatable bonds is 5. The Kier molecular flexibility index (Phi) is 5.25. The van der Waals surface area contributed by atoms with Crippen LogP contribution in [0.5, 0.6) is 5.75 Å². The average molecular weight is 359 g/mol. The fourth-order valence-corrected chi connectivity index (χ4v) is 2.91. The van der Waals surface area contributed by atoms with Gasteiger partial charge in [0.1, 0.15) is 23.8 Å². The molecule has 0 amide bonds. The standard InChI is InChI=1S/C19H22FN3O3/c1-25-18(24)14-3-2-4-16(11-14)26-13-19(20)7-9-23(10-8-19)17-6-5-15(21)12-22-17/h2-6,11-12H,7-10,13,21H2,1H3. The van der Waals surface area contributed by atoms with Gasteiger partial charge in [-0.05, 0) is 30.3 Å². The van der Waals surface area contributed by atoms with E-state index in [4.69, 9.17) is 10.5 Å². The minimum atomic E-state index is -1.41. The Balaban J connectivity index is 1.56. The van der Waals surface area contributed by atoms with Crippen LogP contribution in [0.3, 0.4) is 0 Å². The summed E-state index contributed by atoms with van der Waals surface area (Å²) in [4.78, 5) is 17.9. The highest BCUT2D eigenvalue weighted by Crippen LogP contribution is 2.30. The maximum absolute atomic E-state index is 15.1. The fourth-order valence-electron chi connectivity index (χ4n) is 2.91. The third-order valence-electron chi connectivity index (χ3n) is 4.51. The van der Waals surface area contributed by atoms with Crippen LogP contribution in [0.1, 0.15) is 23.2 Å². The molecule has 138 valence electrons. The molecule has 7 heteroatoms. The van der Waals surface area contributed by atoms with Crippen LogP contribution in [0.15, 0.2) is 42.6 Å². The van der Waals surface area contributed by atoms with Crippen LogP contribution in [0.4, 0.5) is 15.9 Å². The number of hydrogen-bond donors (Lipinski definition) is 1. The Bertz CT molecular complexity index is 759. The van der Waals surface area contributed by atoms with Crippen LogP contribution in [0.25, 0.3) is 0 Å². The SMILES string of the molecule is COC(=O)c1cccc(OCC2(F)CCN(c3ccc(N)cn3)CC2)c1. The lowest BCUT2D eigenvalue weighted by Crippen LogP contribution is -2.45. The molecule has 1 aromatic carbocycles. The summed E-state index contributed by atoms with van der Waals surface area (Å²) in [5, 5.41) is 0. The van der Waals surface area contributed by atoms with Crippen molar-refractivity contribution in [2.24, 2.45) is 0 Å². The predicted octanol–water partition coefficient (Wildman–Crippen LogP) is 2.84. The van der Waals surface area contributed by atoms with Gasteiger partial charge in [0, 0.05) is 25.9 Å². The lowest BCUT2D eigenvalue weighted by molar-refractivity contribution is 0.0584. The zero-order valence-electron chi connectivity index (χ0n) is 14.7. The molecule has 0 atom stereocenters. The second-order valence-electron chi connectivity index (χ2n) is 6.40. The maximum atomic E-state index is 15.1. The van der Waals surface area contributed by atoms with E-state index in [1.807, 2.05) is 11.0 Å². The van der Waals surface area contributed by atoms with Crippen LogP contribution >= 0.6 is 0 Å². The molecule has 0 saturated carbocycles. The van der Waals surface area contributed by atoms with Crippen molar-refractivity contribution < 1.29 is 18.7 Å². The van der Waals surface area contributed by atoms with E-state index in [1.165, 1.54) is 7.11 Å². The van der Waals surface area contributed by atoms with Gasteiger partial charge >= 0.3 is 5.97 Å². The van der Waals surface area contributed by atoms with Gasteiger partial charge in [-0.1, -0.05) is 6.07 Å². The molecule has 1 aliphatic rings. The Morgan fingerprint density at radius 2 is 2.08 bits per heavy atom. The molecular weight excluding hydrogens is 337 g/mol. The van der Waals surface area contributed by atoms with Crippen molar-refractivity contribution in [3.05, 3.63) is 48.2 Å². The number of alkyl halides is 1. The number of nitrogens with two attached hydrogens (primary N) is 1.